The summed E-state index contributed by atoms with van der Waals surface area (Å²) in [7, 11) is 1.52. The highest BCUT2D eigenvalue weighted by molar-refractivity contribution is 5.92. The molecular weight excluding hydrogens is 268 g/mol. The maximum absolute atomic E-state index is 12.2. The Bertz CT molecular complexity index is 486. The van der Waals surface area contributed by atoms with E-state index in [-0.39, 0.29) is 31.2 Å². The van der Waals surface area contributed by atoms with Gasteiger partial charge in [0.25, 0.3) is 5.91 Å². The molecular formula is C12H16N2O6. The Balaban J connectivity index is 1.98. The normalized spacial score (nSPS) is 19.1. The van der Waals surface area contributed by atoms with Crippen LogP contribution in [0.2, 0.25) is 0 Å². The minimum atomic E-state index is -0.951. The summed E-state index contributed by atoms with van der Waals surface area (Å²) >= 11 is 0. The van der Waals surface area contributed by atoms with Crippen LogP contribution < -0.4 is 0 Å². The molecule has 1 aromatic heterocycles. The number of aliphatic carboxylic acids is 1. The molecule has 8 nitrogen and oxygen atoms in total. The lowest BCUT2D eigenvalue weighted by Crippen LogP contribution is -2.46. The van der Waals surface area contributed by atoms with Gasteiger partial charge in [-0.3, -0.25) is 9.59 Å². The number of hydrogen-bond donors (Lipinski definition) is 1. The molecule has 0 aliphatic carbocycles. The van der Waals surface area contributed by atoms with Crippen molar-refractivity contribution in [2.24, 2.45) is 0 Å². The first-order valence-electron chi connectivity index (χ1n) is 6.17. The Morgan fingerprint density at radius 3 is 3.10 bits per heavy atom. The molecule has 0 spiro atoms. The van der Waals surface area contributed by atoms with Gasteiger partial charge in [-0.05, 0) is 0 Å². The first kappa shape index (κ1) is 14.5. The Morgan fingerprint density at radius 2 is 2.40 bits per heavy atom. The fourth-order valence-corrected chi connectivity index (χ4v) is 2.01. The maximum atomic E-state index is 12.2. The van der Waals surface area contributed by atoms with Gasteiger partial charge in [-0.1, -0.05) is 5.16 Å². The number of rotatable bonds is 5. The van der Waals surface area contributed by atoms with E-state index >= 15 is 0 Å². The second kappa shape index (κ2) is 6.49. The summed E-state index contributed by atoms with van der Waals surface area (Å²) < 4.78 is 15.2. The standard InChI is InChI=1S/C12H16N2O6/c1-18-7-9-4-10(13-20-9)12(17)14-2-3-19-8(6-14)5-11(15)16/h4,8H,2-3,5-7H2,1H3,(H,15,16). The summed E-state index contributed by atoms with van der Waals surface area (Å²) in [6.07, 6.45) is -0.618. The summed E-state index contributed by atoms with van der Waals surface area (Å²) in [4.78, 5) is 24.4. The van der Waals surface area contributed by atoms with Crippen molar-refractivity contribution in [3.05, 3.63) is 17.5 Å². The predicted octanol–water partition coefficient (Wildman–Crippen LogP) is 0.137. The third-order valence-corrected chi connectivity index (χ3v) is 2.89. The van der Waals surface area contributed by atoms with E-state index in [2.05, 4.69) is 5.16 Å². The van der Waals surface area contributed by atoms with Crippen LogP contribution in [-0.4, -0.2) is 59.9 Å². The van der Waals surface area contributed by atoms with Crippen LogP contribution in [0.3, 0.4) is 0 Å². The minimum absolute atomic E-state index is 0.127. The molecule has 1 amide bonds. The maximum Gasteiger partial charge on any atom is 0.306 e. The average Bonchev–Trinajstić information content (AvgIpc) is 2.86. The fraction of sp³-hybridized carbons (Fsp3) is 0.583. The molecule has 110 valence electrons. The molecule has 1 aromatic rings. The summed E-state index contributed by atoms with van der Waals surface area (Å²) in [5.74, 6) is -0.783. The zero-order valence-electron chi connectivity index (χ0n) is 11.1. The molecule has 1 aliphatic heterocycles. The van der Waals surface area contributed by atoms with Gasteiger partial charge >= 0.3 is 5.97 Å². The van der Waals surface area contributed by atoms with Crippen LogP contribution in [0.1, 0.15) is 22.7 Å². The summed E-state index contributed by atoms with van der Waals surface area (Å²) in [6.45, 7) is 1.19. The number of morpholine rings is 1. The first-order valence-corrected chi connectivity index (χ1v) is 6.17. The van der Waals surface area contributed by atoms with Crippen molar-refractivity contribution < 1.29 is 28.7 Å². The van der Waals surface area contributed by atoms with E-state index in [0.717, 1.165) is 0 Å². The van der Waals surface area contributed by atoms with E-state index in [9.17, 15) is 9.59 Å². The number of amides is 1. The monoisotopic (exact) mass is 284 g/mol. The Kier molecular flexibility index (Phi) is 4.70. The van der Waals surface area contributed by atoms with Gasteiger partial charge < -0.3 is 24.0 Å². The molecule has 8 heteroatoms. The second-order valence-corrected chi connectivity index (χ2v) is 4.45. The molecule has 1 N–H and O–H groups in total. The average molecular weight is 284 g/mol. The van der Waals surface area contributed by atoms with Crippen molar-refractivity contribution in [2.45, 2.75) is 19.1 Å². The molecule has 1 atom stereocenters. The van der Waals surface area contributed by atoms with Crippen LogP contribution >= 0.6 is 0 Å². The number of carboxylic acids is 1. The van der Waals surface area contributed by atoms with E-state index in [0.29, 0.717) is 18.9 Å². The smallest absolute Gasteiger partial charge is 0.306 e. The van der Waals surface area contributed by atoms with Crippen molar-refractivity contribution in [2.75, 3.05) is 26.8 Å². The lowest BCUT2D eigenvalue weighted by molar-refractivity contribution is -0.141. The lowest BCUT2D eigenvalue weighted by atomic mass is 10.2. The van der Waals surface area contributed by atoms with Gasteiger partial charge in [0.1, 0.15) is 6.61 Å². The molecule has 1 fully saturated rings. The fourth-order valence-electron chi connectivity index (χ4n) is 2.01. The van der Waals surface area contributed by atoms with Crippen LogP contribution in [0, 0.1) is 0 Å². The highest BCUT2D eigenvalue weighted by Gasteiger charge is 2.28. The third-order valence-electron chi connectivity index (χ3n) is 2.89. The Morgan fingerprint density at radius 1 is 1.60 bits per heavy atom. The Hall–Kier alpha value is -1.93. The van der Waals surface area contributed by atoms with Gasteiger partial charge in [0.05, 0.1) is 19.1 Å². The largest absolute Gasteiger partial charge is 0.481 e. The molecule has 20 heavy (non-hydrogen) atoms. The van der Waals surface area contributed by atoms with Crippen molar-refractivity contribution in [3.8, 4) is 0 Å². The van der Waals surface area contributed by atoms with Crippen LogP contribution in [-0.2, 0) is 20.9 Å². The van der Waals surface area contributed by atoms with Crippen molar-refractivity contribution >= 4 is 11.9 Å². The quantitative estimate of drug-likeness (QED) is 0.820. The molecule has 1 unspecified atom stereocenters. The number of carboxylic acid groups (broad SMARTS) is 1. The highest BCUT2D eigenvalue weighted by atomic mass is 16.5. The van der Waals surface area contributed by atoms with E-state index in [1.807, 2.05) is 0 Å². The van der Waals surface area contributed by atoms with Gasteiger partial charge in [-0.25, -0.2) is 0 Å². The first-order chi connectivity index (χ1) is 9.60. The SMILES string of the molecule is COCc1cc(C(=O)N2CCOC(CC(=O)O)C2)no1. The number of ether oxygens (including phenoxy) is 2. The Labute approximate surface area is 115 Å². The molecule has 0 bridgehead atoms. The number of carbonyl (C=O) groups excluding carboxylic acids is 1. The number of nitrogens with zero attached hydrogens (tertiary/aromatic N) is 2. The molecule has 0 saturated carbocycles. The van der Waals surface area contributed by atoms with E-state index in [1.165, 1.54) is 18.1 Å². The van der Waals surface area contributed by atoms with Crippen LogP contribution in [0.4, 0.5) is 0 Å². The zero-order valence-corrected chi connectivity index (χ0v) is 11.1. The molecule has 1 saturated heterocycles. The van der Waals surface area contributed by atoms with Gasteiger partial charge in [-0.2, -0.15) is 0 Å². The number of hydrogen-bond acceptors (Lipinski definition) is 6. The molecule has 0 radical (unpaired) electrons. The summed E-state index contributed by atoms with van der Waals surface area (Å²) in [6, 6.07) is 1.52. The van der Waals surface area contributed by atoms with Gasteiger partial charge in [0.2, 0.25) is 0 Å². The topological polar surface area (TPSA) is 102 Å². The van der Waals surface area contributed by atoms with Gasteiger partial charge in [0.15, 0.2) is 11.5 Å². The van der Waals surface area contributed by atoms with Crippen molar-refractivity contribution in [3.63, 3.8) is 0 Å². The lowest BCUT2D eigenvalue weighted by Gasteiger charge is -2.31. The third kappa shape index (κ3) is 3.55. The minimum Gasteiger partial charge on any atom is -0.481 e. The number of methoxy groups -OCH3 is 1. The summed E-state index contributed by atoms with van der Waals surface area (Å²) in [5.41, 5.74) is 0.188. The molecule has 0 aromatic carbocycles. The van der Waals surface area contributed by atoms with Gasteiger partial charge in [0, 0.05) is 26.3 Å². The van der Waals surface area contributed by atoms with Crippen molar-refractivity contribution in [1.82, 2.24) is 10.1 Å². The van der Waals surface area contributed by atoms with Crippen LogP contribution in [0.15, 0.2) is 10.6 Å². The predicted molar refractivity (Wildman–Crippen MR) is 65.1 cm³/mol. The van der Waals surface area contributed by atoms with Crippen molar-refractivity contribution in [1.29, 1.82) is 0 Å². The van der Waals surface area contributed by atoms with E-state index in [1.54, 1.807) is 0 Å². The van der Waals surface area contributed by atoms with Gasteiger partial charge in [-0.15, -0.1) is 0 Å². The van der Waals surface area contributed by atoms with E-state index < -0.39 is 12.1 Å². The summed E-state index contributed by atoms with van der Waals surface area (Å²) in [5, 5.41) is 12.4. The number of carbonyl (C=O) groups is 2. The molecule has 2 heterocycles. The molecule has 2 rings (SSSR count). The van der Waals surface area contributed by atoms with Crippen LogP contribution in [0.5, 0.6) is 0 Å². The van der Waals surface area contributed by atoms with E-state index in [4.69, 9.17) is 19.1 Å². The second-order valence-electron chi connectivity index (χ2n) is 4.45. The zero-order chi connectivity index (χ0) is 14.5. The molecule has 1 aliphatic rings. The number of aromatic nitrogens is 1. The highest BCUT2D eigenvalue weighted by Crippen LogP contribution is 2.13. The van der Waals surface area contributed by atoms with Crippen LogP contribution in [0.25, 0.3) is 0 Å².